The van der Waals surface area contributed by atoms with E-state index in [-0.39, 0.29) is 10.7 Å². The average Bonchev–Trinajstić information content (AvgIpc) is 2.64. The summed E-state index contributed by atoms with van der Waals surface area (Å²) in [6.45, 7) is 2.07. The van der Waals surface area contributed by atoms with E-state index >= 15 is 0 Å². The highest BCUT2D eigenvalue weighted by Gasteiger charge is 2.26. The van der Waals surface area contributed by atoms with Crippen molar-refractivity contribution < 1.29 is 17.5 Å². The molecule has 0 aliphatic carbocycles. The molecule has 1 aliphatic heterocycles. The van der Waals surface area contributed by atoms with E-state index in [1.807, 2.05) is 11.9 Å². The molecule has 0 spiro atoms. The molecular weight excluding hydrogens is 345 g/mol. The third-order valence-electron chi connectivity index (χ3n) is 4.05. The molecule has 0 bridgehead atoms. The van der Waals surface area contributed by atoms with Crippen LogP contribution in [0.1, 0.15) is 5.56 Å². The number of ether oxygens (including phenoxy) is 1. The molecule has 2 heterocycles. The molecule has 1 aromatic heterocycles. The van der Waals surface area contributed by atoms with Crippen LogP contribution < -0.4 is 4.90 Å². The van der Waals surface area contributed by atoms with Gasteiger partial charge in [-0.1, -0.05) is 12.1 Å². The van der Waals surface area contributed by atoms with Gasteiger partial charge in [0, 0.05) is 32.9 Å². The minimum atomic E-state index is -3.54. The van der Waals surface area contributed by atoms with Gasteiger partial charge >= 0.3 is 0 Å². The molecule has 0 N–H and O–H groups in total. The lowest BCUT2D eigenvalue weighted by Gasteiger charge is -2.26. The highest BCUT2D eigenvalue weighted by atomic mass is 32.2. The summed E-state index contributed by atoms with van der Waals surface area (Å²) in [5, 5.41) is 0. The number of pyridine rings is 1. The molecule has 0 radical (unpaired) electrons. The number of sulfonamides is 1. The molecule has 3 rings (SSSR count). The van der Waals surface area contributed by atoms with Gasteiger partial charge in [0.25, 0.3) is 0 Å². The Hall–Kier alpha value is -2.03. The Labute approximate surface area is 146 Å². The first-order valence-electron chi connectivity index (χ1n) is 7.96. The van der Waals surface area contributed by atoms with Gasteiger partial charge in [-0.2, -0.15) is 4.31 Å². The molecule has 0 unspecified atom stereocenters. The van der Waals surface area contributed by atoms with E-state index in [9.17, 15) is 12.8 Å². The number of nitrogens with zero attached hydrogens (tertiary/aromatic N) is 3. The van der Waals surface area contributed by atoms with Crippen LogP contribution in [0, 0.1) is 5.82 Å². The highest BCUT2D eigenvalue weighted by Crippen LogP contribution is 2.19. The van der Waals surface area contributed by atoms with Crippen molar-refractivity contribution in [3.63, 3.8) is 0 Å². The number of hydrogen-bond acceptors (Lipinski definition) is 5. The van der Waals surface area contributed by atoms with Crippen molar-refractivity contribution in [2.24, 2.45) is 0 Å². The molecule has 1 aromatic carbocycles. The molecule has 25 heavy (non-hydrogen) atoms. The molecule has 1 aliphatic rings. The summed E-state index contributed by atoms with van der Waals surface area (Å²) >= 11 is 0. The zero-order valence-corrected chi connectivity index (χ0v) is 14.7. The Bertz CT molecular complexity index is 804. The summed E-state index contributed by atoms with van der Waals surface area (Å²) in [4.78, 5) is 6.32. The van der Waals surface area contributed by atoms with Crippen molar-refractivity contribution in [1.29, 1.82) is 0 Å². The number of morpholine rings is 1. The number of hydrogen-bond donors (Lipinski definition) is 0. The Morgan fingerprint density at radius 1 is 1.16 bits per heavy atom. The second-order valence-electron chi connectivity index (χ2n) is 5.85. The maximum Gasteiger partial charge on any atom is 0.244 e. The van der Waals surface area contributed by atoms with Crippen molar-refractivity contribution >= 4 is 15.8 Å². The van der Waals surface area contributed by atoms with Gasteiger partial charge in [-0.25, -0.2) is 17.8 Å². The standard InChI is InChI=1S/C17H20FN3O3S/c1-20(13-14-2-4-15(18)5-3-14)17-7-6-16(12-19-17)25(22,23)21-8-10-24-11-9-21/h2-7,12H,8-11,13H2,1H3. The van der Waals surface area contributed by atoms with Crippen molar-refractivity contribution in [2.75, 3.05) is 38.3 Å². The van der Waals surface area contributed by atoms with Crippen LogP contribution in [-0.2, 0) is 21.3 Å². The van der Waals surface area contributed by atoms with Crippen LogP contribution in [0.2, 0.25) is 0 Å². The van der Waals surface area contributed by atoms with Crippen LogP contribution in [0.25, 0.3) is 0 Å². The van der Waals surface area contributed by atoms with E-state index in [0.717, 1.165) is 5.56 Å². The van der Waals surface area contributed by atoms with Gasteiger partial charge in [0.1, 0.15) is 16.5 Å². The quantitative estimate of drug-likeness (QED) is 0.810. The lowest BCUT2D eigenvalue weighted by atomic mass is 10.2. The SMILES string of the molecule is CN(Cc1ccc(F)cc1)c1ccc(S(=O)(=O)N2CCOCC2)cn1. The van der Waals surface area contributed by atoms with Crippen molar-refractivity contribution in [2.45, 2.75) is 11.4 Å². The van der Waals surface area contributed by atoms with E-state index in [1.54, 1.807) is 24.3 Å². The highest BCUT2D eigenvalue weighted by molar-refractivity contribution is 7.89. The fourth-order valence-electron chi connectivity index (χ4n) is 2.63. The van der Waals surface area contributed by atoms with E-state index in [4.69, 9.17) is 4.74 Å². The van der Waals surface area contributed by atoms with Gasteiger partial charge in [0.15, 0.2) is 0 Å². The summed E-state index contributed by atoms with van der Waals surface area (Å²) in [6.07, 6.45) is 1.38. The first-order chi connectivity index (χ1) is 12.0. The van der Waals surface area contributed by atoms with Gasteiger partial charge in [-0.3, -0.25) is 0 Å². The number of benzene rings is 1. The first kappa shape index (κ1) is 17.8. The normalized spacial score (nSPS) is 15.9. The molecule has 0 atom stereocenters. The lowest BCUT2D eigenvalue weighted by Crippen LogP contribution is -2.40. The second kappa shape index (κ2) is 7.47. The third-order valence-corrected chi connectivity index (χ3v) is 5.93. The van der Waals surface area contributed by atoms with Crippen LogP contribution in [0.3, 0.4) is 0 Å². The Kier molecular flexibility index (Phi) is 5.31. The van der Waals surface area contributed by atoms with E-state index in [2.05, 4.69) is 4.98 Å². The largest absolute Gasteiger partial charge is 0.379 e. The third kappa shape index (κ3) is 4.15. The van der Waals surface area contributed by atoms with Crippen LogP contribution in [0.15, 0.2) is 47.5 Å². The molecule has 0 amide bonds. The first-order valence-corrected chi connectivity index (χ1v) is 9.40. The second-order valence-corrected chi connectivity index (χ2v) is 7.79. The fraction of sp³-hybridized carbons (Fsp3) is 0.353. The van der Waals surface area contributed by atoms with Crippen LogP contribution in [0.5, 0.6) is 0 Å². The summed E-state index contributed by atoms with van der Waals surface area (Å²) in [5.41, 5.74) is 0.940. The summed E-state index contributed by atoms with van der Waals surface area (Å²) in [5.74, 6) is 0.368. The molecular formula is C17H20FN3O3S. The van der Waals surface area contributed by atoms with Gasteiger partial charge in [0.2, 0.25) is 10.0 Å². The molecule has 0 saturated carbocycles. The summed E-state index contributed by atoms with van der Waals surface area (Å²) < 4.78 is 44.7. The van der Waals surface area contributed by atoms with Crippen molar-refractivity contribution in [3.8, 4) is 0 Å². The van der Waals surface area contributed by atoms with E-state index < -0.39 is 10.0 Å². The summed E-state index contributed by atoms with van der Waals surface area (Å²) in [6, 6.07) is 9.49. The van der Waals surface area contributed by atoms with Gasteiger partial charge in [0.05, 0.1) is 13.2 Å². The Morgan fingerprint density at radius 3 is 2.44 bits per heavy atom. The number of halogens is 1. The number of anilines is 1. The fourth-order valence-corrected chi connectivity index (χ4v) is 3.99. The van der Waals surface area contributed by atoms with E-state index in [1.165, 1.54) is 22.6 Å². The molecule has 8 heteroatoms. The Balaban J connectivity index is 1.71. The zero-order chi connectivity index (χ0) is 17.9. The van der Waals surface area contributed by atoms with Crippen LogP contribution in [0.4, 0.5) is 10.2 Å². The predicted octanol–water partition coefficient (Wildman–Crippen LogP) is 1.88. The smallest absolute Gasteiger partial charge is 0.244 e. The maximum absolute atomic E-state index is 13.0. The molecule has 134 valence electrons. The minimum absolute atomic E-state index is 0.174. The monoisotopic (exact) mass is 365 g/mol. The Morgan fingerprint density at radius 2 is 1.84 bits per heavy atom. The van der Waals surface area contributed by atoms with Gasteiger partial charge in [-0.05, 0) is 29.8 Å². The van der Waals surface area contributed by atoms with Gasteiger partial charge < -0.3 is 9.64 Å². The van der Waals surface area contributed by atoms with Crippen molar-refractivity contribution in [3.05, 3.63) is 54.0 Å². The molecule has 2 aromatic rings. The van der Waals surface area contributed by atoms with Gasteiger partial charge in [-0.15, -0.1) is 0 Å². The summed E-state index contributed by atoms with van der Waals surface area (Å²) in [7, 11) is -1.69. The minimum Gasteiger partial charge on any atom is -0.379 e. The topological polar surface area (TPSA) is 62.7 Å². The average molecular weight is 365 g/mol. The molecule has 1 saturated heterocycles. The molecule has 6 nitrogen and oxygen atoms in total. The molecule has 1 fully saturated rings. The zero-order valence-electron chi connectivity index (χ0n) is 13.9. The van der Waals surface area contributed by atoms with E-state index in [0.29, 0.717) is 38.7 Å². The lowest BCUT2D eigenvalue weighted by molar-refractivity contribution is 0.0730. The number of aromatic nitrogens is 1. The van der Waals surface area contributed by atoms with Crippen LogP contribution in [-0.4, -0.2) is 51.1 Å². The van der Waals surface area contributed by atoms with Crippen LogP contribution >= 0.6 is 0 Å². The maximum atomic E-state index is 13.0. The number of rotatable bonds is 5. The predicted molar refractivity (Wildman–Crippen MR) is 92.3 cm³/mol. The van der Waals surface area contributed by atoms with Crippen molar-refractivity contribution in [1.82, 2.24) is 9.29 Å².